The smallest absolute Gasteiger partial charge is 0.263 e. The molecule has 2 rings (SSSR count). The number of carbonyl (C=O) groups is 1. The lowest BCUT2D eigenvalue weighted by Gasteiger charge is -2.16. The van der Waals surface area contributed by atoms with Crippen LogP contribution in [0.3, 0.4) is 0 Å². The molecule has 0 fully saturated rings. The van der Waals surface area contributed by atoms with E-state index in [4.69, 9.17) is 0 Å². The van der Waals surface area contributed by atoms with Crippen LogP contribution >= 0.6 is 23.1 Å². The fourth-order valence-corrected chi connectivity index (χ4v) is 3.86. The van der Waals surface area contributed by atoms with E-state index in [1.165, 1.54) is 16.2 Å². The largest absolute Gasteiger partial charge is 0.355 e. The van der Waals surface area contributed by atoms with Gasteiger partial charge in [-0.15, -0.1) is 23.1 Å². The Bertz CT molecular complexity index is 717. The van der Waals surface area contributed by atoms with Crippen LogP contribution in [-0.2, 0) is 0 Å². The number of aliphatic imine (C=N–C) groups is 1. The third-order valence-corrected chi connectivity index (χ3v) is 5.56. The van der Waals surface area contributed by atoms with E-state index in [-0.39, 0.29) is 5.91 Å². The van der Waals surface area contributed by atoms with Crippen LogP contribution in [0.2, 0.25) is 0 Å². The van der Waals surface area contributed by atoms with Crippen molar-refractivity contribution in [3.8, 4) is 0 Å². The van der Waals surface area contributed by atoms with Crippen molar-refractivity contribution in [2.75, 3.05) is 26.7 Å². The number of guanidine groups is 1. The zero-order valence-electron chi connectivity index (χ0n) is 15.3. The first kappa shape index (κ1) is 20.3. The van der Waals surface area contributed by atoms with Gasteiger partial charge in [0.05, 0.1) is 11.2 Å². The topological polar surface area (TPSA) is 78.4 Å². The summed E-state index contributed by atoms with van der Waals surface area (Å²) in [5.74, 6) is 0.649. The van der Waals surface area contributed by atoms with E-state index in [0.29, 0.717) is 23.2 Å². The molecule has 0 aliphatic rings. The average Bonchev–Trinajstić information content (AvgIpc) is 3.08. The normalized spacial score (nSPS) is 12.5. The van der Waals surface area contributed by atoms with Gasteiger partial charge in [0.15, 0.2) is 5.96 Å². The monoisotopic (exact) mass is 391 g/mol. The standard InChI is InChI=1S/C18H25N5OS2/c1-13(26-15-7-5-4-6-8-15)11-22-18(19-3)21-10-9-20-17(24)16-14(2)23-12-25-16/h4-8,12-13H,9-11H2,1-3H3,(H,20,24)(H2,19,21,22). The Morgan fingerprint density at radius 3 is 2.62 bits per heavy atom. The van der Waals surface area contributed by atoms with Crippen LogP contribution in [0.5, 0.6) is 0 Å². The van der Waals surface area contributed by atoms with Crippen molar-refractivity contribution in [1.82, 2.24) is 20.9 Å². The fraction of sp³-hybridized carbons (Fsp3) is 0.389. The Morgan fingerprint density at radius 2 is 1.96 bits per heavy atom. The molecule has 0 bridgehead atoms. The average molecular weight is 392 g/mol. The summed E-state index contributed by atoms with van der Waals surface area (Å²) in [7, 11) is 1.74. The number of aryl methyl sites for hydroxylation is 1. The SMILES string of the molecule is CN=C(NCCNC(=O)c1scnc1C)NCC(C)Sc1ccccc1. The Hall–Kier alpha value is -2.06. The van der Waals surface area contributed by atoms with Gasteiger partial charge in [-0.25, -0.2) is 4.98 Å². The van der Waals surface area contributed by atoms with Crippen molar-refractivity contribution < 1.29 is 4.79 Å². The van der Waals surface area contributed by atoms with Crippen LogP contribution in [0.25, 0.3) is 0 Å². The molecule has 26 heavy (non-hydrogen) atoms. The molecule has 0 radical (unpaired) electrons. The Balaban J connectivity index is 1.64. The number of nitrogens with one attached hydrogen (secondary N) is 3. The molecule has 1 aromatic carbocycles. The zero-order chi connectivity index (χ0) is 18.8. The number of amides is 1. The van der Waals surface area contributed by atoms with Crippen molar-refractivity contribution >= 4 is 35.0 Å². The summed E-state index contributed by atoms with van der Waals surface area (Å²) in [6, 6.07) is 10.3. The lowest BCUT2D eigenvalue weighted by molar-refractivity contribution is 0.0957. The number of benzene rings is 1. The number of thioether (sulfide) groups is 1. The number of nitrogens with zero attached hydrogens (tertiary/aromatic N) is 2. The molecule has 0 aliphatic heterocycles. The molecule has 1 heterocycles. The molecule has 6 nitrogen and oxygen atoms in total. The number of aromatic nitrogens is 1. The van der Waals surface area contributed by atoms with Crippen LogP contribution in [-0.4, -0.2) is 48.8 Å². The van der Waals surface area contributed by atoms with Crippen LogP contribution in [0, 0.1) is 6.92 Å². The molecule has 1 amide bonds. The lowest BCUT2D eigenvalue weighted by Crippen LogP contribution is -2.43. The molecule has 2 aromatic rings. The van der Waals surface area contributed by atoms with Gasteiger partial charge < -0.3 is 16.0 Å². The third-order valence-electron chi connectivity index (χ3n) is 3.52. The van der Waals surface area contributed by atoms with Gasteiger partial charge >= 0.3 is 0 Å². The van der Waals surface area contributed by atoms with E-state index in [2.05, 4.69) is 45.0 Å². The molecular formula is C18H25N5OS2. The highest BCUT2D eigenvalue weighted by Crippen LogP contribution is 2.21. The minimum Gasteiger partial charge on any atom is -0.355 e. The molecule has 1 aromatic heterocycles. The van der Waals surface area contributed by atoms with Crippen LogP contribution in [0.15, 0.2) is 45.7 Å². The van der Waals surface area contributed by atoms with Crippen molar-refractivity contribution in [3.63, 3.8) is 0 Å². The summed E-state index contributed by atoms with van der Waals surface area (Å²) in [5.41, 5.74) is 2.45. The van der Waals surface area contributed by atoms with E-state index in [1.807, 2.05) is 36.9 Å². The van der Waals surface area contributed by atoms with Crippen LogP contribution in [0.1, 0.15) is 22.3 Å². The minimum absolute atomic E-state index is 0.0809. The van der Waals surface area contributed by atoms with Crippen molar-refractivity contribution in [1.29, 1.82) is 0 Å². The van der Waals surface area contributed by atoms with E-state index in [1.54, 1.807) is 12.6 Å². The second kappa shape index (κ2) is 10.8. The summed E-state index contributed by atoms with van der Waals surface area (Å²) >= 11 is 3.18. The van der Waals surface area contributed by atoms with Gasteiger partial charge in [-0.1, -0.05) is 25.1 Å². The van der Waals surface area contributed by atoms with Gasteiger partial charge in [-0.05, 0) is 19.1 Å². The third kappa shape index (κ3) is 6.68. The number of hydrogen-bond acceptors (Lipinski definition) is 5. The zero-order valence-corrected chi connectivity index (χ0v) is 16.9. The van der Waals surface area contributed by atoms with Crippen molar-refractivity contribution in [3.05, 3.63) is 46.4 Å². The van der Waals surface area contributed by atoms with E-state index in [0.717, 1.165) is 18.2 Å². The Kier molecular flexibility index (Phi) is 8.43. The summed E-state index contributed by atoms with van der Waals surface area (Å²) < 4.78 is 0. The van der Waals surface area contributed by atoms with Crippen LogP contribution in [0.4, 0.5) is 0 Å². The first-order valence-corrected chi connectivity index (χ1v) is 10.2. The molecule has 140 valence electrons. The maximum absolute atomic E-state index is 12.0. The highest BCUT2D eigenvalue weighted by atomic mass is 32.2. The molecule has 0 saturated carbocycles. The van der Waals surface area contributed by atoms with E-state index < -0.39 is 0 Å². The second-order valence-corrected chi connectivity index (χ2v) is 8.01. The summed E-state index contributed by atoms with van der Waals surface area (Å²) in [6.45, 7) is 5.93. The fourth-order valence-electron chi connectivity index (χ4n) is 2.19. The number of thiazole rings is 1. The maximum Gasteiger partial charge on any atom is 0.263 e. The highest BCUT2D eigenvalue weighted by molar-refractivity contribution is 8.00. The predicted octanol–water partition coefficient (Wildman–Crippen LogP) is 2.53. The molecule has 0 aliphatic carbocycles. The second-order valence-electron chi connectivity index (χ2n) is 5.64. The lowest BCUT2D eigenvalue weighted by atomic mass is 10.4. The maximum atomic E-state index is 12.0. The van der Waals surface area contributed by atoms with Crippen molar-refractivity contribution in [2.24, 2.45) is 4.99 Å². The van der Waals surface area contributed by atoms with E-state index >= 15 is 0 Å². The Morgan fingerprint density at radius 1 is 1.23 bits per heavy atom. The summed E-state index contributed by atoms with van der Waals surface area (Å²) in [6.07, 6.45) is 0. The van der Waals surface area contributed by atoms with Gasteiger partial charge in [0.2, 0.25) is 0 Å². The molecule has 1 unspecified atom stereocenters. The molecular weight excluding hydrogens is 366 g/mol. The summed E-state index contributed by atoms with van der Waals surface area (Å²) in [5, 5.41) is 9.81. The quantitative estimate of drug-likeness (QED) is 0.279. The van der Waals surface area contributed by atoms with Gasteiger partial charge in [0, 0.05) is 36.8 Å². The van der Waals surface area contributed by atoms with Gasteiger partial charge in [-0.2, -0.15) is 0 Å². The molecule has 8 heteroatoms. The first-order chi connectivity index (χ1) is 12.6. The molecule has 0 spiro atoms. The predicted molar refractivity (Wildman–Crippen MR) is 110 cm³/mol. The highest BCUT2D eigenvalue weighted by Gasteiger charge is 2.10. The van der Waals surface area contributed by atoms with E-state index in [9.17, 15) is 4.79 Å². The van der Waals surface area contributed by atoms with Crippen molar-refractivity contribution in [2.45, 2.75) is 24.0 Å². The molecule has 3 N–H and O–H groups in total. The van der Waals surface area contributed by atoms with Crippen LogP contribution < -0.4 is 16.0 Å². The molecule has 0 saturated heterocycles. The first-order valence-electron chi connectivity index (χ1n) is 8.44. The number of carbonyl (C=O) groups excluding carboxylic acids is 1. The molecule has 1 atom stereocenters. The summed E-state index contributed by atoms with van der Waals surface area (Å²) in [4.78, 5) is 22.2. The van der Waals surface area contributed by atoms with Gasteiger partial charge in [0.25, 0.3) is 5.91 Å². The van der Waals surface area contributed by atoms with Gasteiger partial charge in [0.1, 0.15) is 4.88 Å². The minimum atomic E-state index is -0.0809. The van der Waals surface area contributed by atoms with Gasteiger partial charge in [-0.3, -0.25) is 9.79 Å². The number of rotatable bonds is 8. The number of hydrogen-bond donors (Lipinski definition) is 3. The Labute approximate surface area is 162 Å².